The third-order valence-electron chi connectivity index (χ3n) is 2.72. The number of carbonyl (C=O) groups is 2. The molecule has 0 aliphatic rings. The fourth-order valence-corrected chi connectivity index (χ4v) is 1.69. The highest BCUT2D eigenvalue weighted by Gasteiger charge is 2.15. The standard InChI is InChI=1S/C15H14ClN3O3/c1-10(22-13-6-4-12(16)5-7-13)14(20)18-19-15(21)11-3-2-8-17-9-11/h2-10H,1H3,(H,18,20)(H,19,21). The topological polar surface area (TPSA) is 80.3 Å². The summed E-state index contributed by atoms with van der Waals surface area (Å²) >= 11 is 5.77. The Balaban J connectivity index is 1.84. The molecular weight excluding hydrogens is 306 g/mol. The summed E-state index contributed by atoms with van der Waals surface area (Å²) in [4.78, 5) is 27.4. The van der Waals surface area contributed by atoms with Crippen LogP contribution in [-0.2, 0) is 4.79 Å². The summed E-state index contributed by atoms with van der Waals surface area (Å²) in [5.74, 6) is -0.432. The maximum absolute atomic E-state index is 11.9. The van der Waals surface area contributed by atoms with E-state index in [0.717, 1.165) is 0 Å². The van der Waals surface area contributed by atoms with Gasteiger partial charge < -0.3 is 4.74 Å². The maximum Gasteiger partial charge on any atom is 0.279 e. The first-order chi connectivity index (χ1) is 10.6. The van der Waals surface area contributed by atoms with E-state index in [-0.39, 0.29) is 0 Å². The van der Waals surface area contributed by atoms with Gasteiger partial charge >= 0.3 is 0 Å². The van der Waals surface area contributed by atoms with Crippen LogP contribution in [0.3, 0.4) is 0 Å². The highest BCUT2D eigenvalue weighted by atomic mass is 35.5. The molecule has 6 nitrogen and oxygen atoms in total. The maximum atomic E-state index is 11.9. The van der Waals surface area contributed by atoms with Crippen molar-refractivity contribution < 1.29 is 14.3 Å². The predicted octanol–water partition coefficient (Wildman–Crippen LogP) is 1.96. The lowest BCUT2D eigenvalue weighted by molar-refractivity contribution is -0.128. The van der Waals surface area contributed by atoms with Crippen LogP contribution in [-0.4, -0.2) is 22.9 Å². The molecule has 2 amide bonds. The van der Waals surface area contributed by atoms with E-state index in [1.807, 2.05) is 0 Å². The molecular formula is C15H14ClN3O3. The Hall–Kier alpha value is -2.60. The molecule has 7 heteroatoms. The van der Waals surface area contributed by atoms with Crippen LogP contribution < -0.4 is 15.6 Å². The van der Waals surface area contributed by atoms with Gasteiger partial charge in [-0.25, -0.2) is 0 Å². The quantitative estimate of drug-likeness (QED) is 0.844. The lowest BCUT2D eigenvalue weighted by Crippen LogP contribution is -2.47. The number of hydrogen-bond acceptors (Lipinski definition) is 4. The molecule has 0 saturated carbocycles. The van der Waals surface area contributed by atoms with Gasteiger partial charge in [0.2, 0.25) is 0 Å². The summed E-state index contributed by atoms with van der Waals surface area (Å²) in [5, 5.41) is 0.577. The van der Waals surface area contributed by atoms with Gasteiger partial charge in [-0.15, -0.1) is 0 Å². The van der Waals surface area contributed by atoms with E-state index in [4.69, 9.17) is 16.3 Å². The first kappa shape index (κ1) is 15.8. The van der Waals surface area contributed by atoms with Gasteiger partial charge in [0.1, 0.15) is 5.75 Å². The number of benzene rings is 1. The number of amides is 2. The number of halogens is 1. The summed E-state index contributed by atoms with van der Waals surface area (Å²) in [6, 6.07) is 9.84. The molecule has 0 aliphatic carbocycles. The zero-order chi connectivity index (χ0) is 15.9. The van der Waals surface area contributed by atoms with Gasteiger partial charge in [-0.1, -0.05) is 11.6 Å². The second-order valence-electron chi connectivity index (χ2n) is 4.40. The summed E-state index contributed by atoms with van der Waals surface area (Å²) in [6.07, 6.45) is 2.17. The molecule has 0 spiro atoms. The van der Waals surface area contributed by atoms with Gasteiger partial charge in [0.25, 0.3) is 11.8 Å². The van der Waals surface area contributed by atoms with Crippen LogP contribution in [0, 0.1) is 0 Å². The van der Waals surface area contributed by atoms with Crippen LogP contribution in [0.2, 0.25) is 5.02 Å². The van der Waals surface area contributed by atoms with Gasteiger partial charge in [0.15, 0.2) is 6.10 Å². The van der Waals surface area contributed by atoms with Gasteiger partial charge in [-0.2, -0.15) is 0 Å². The number of pyridine rings is 1. The Morgan fingerprint density at radius 3 is 2.55 bits per heavy atom. The third-order valence-corrected chi connectivity index (χ3v) is 2.97. The fraction of sp³-hybridized carbons (Fsp3) is 0.133. The van der Waals surface area contributed by atoms with E-state index in [1.165, 1.54) is 6.20 Å². The molecule has 2 aromatic rings. The SMILES string of the molecule is CC(Oc1ccc(Cl)cc1)C(=O)NNC(=O)c1cccnc1. The number of nitrogens with one attached hydrogen (secondary N) is 2. The van der Waals surface area contributed by atoms with Crippen molar-refractivity contribution in [1.29, 1.82) is 0 Å². The minimum absolute atomic E-state index is 0.342. The van der Waals surface area contributed by atoms with Gasteiger partial charge in [0.05, 0.1) is 5.56 Å². The largest absolute Gasteiger partial charge is 0.481 e. The van der Waals surface area contributed by atoms with Crippen molar-refractivity contribution in [3.63, 3.8) is 0 Å². The van der Waals surface area contributed by atoms with Crippen molar-refractivity contribution >= 4 is 23.4 Å². The molecule has 114 valence electrons. The van der Waals surface area contributed by atoms with Crippen LogP contribution in [0.4, 0.5) is 0 Å². The average Bonchev–Trinajstić information content (AvgIpc) is 2.55. The summed E-state index contributed by atoms with van der Waals surface area (Å²) < 4.78 is 5.43. The molecule has 1 aromatic carbocycles. The highest BCUT2D eigenvalue weighted by molar-refractivity contribution is 6.30. The second-order valence-corrected chi connectivity index (χ2v) is 4.84. The van der Waals surface area contributed by atoms with Crippen molar-refractivity contribution in [3.05, 3.63) is 59.4 Å². The number of ether oxygens (including phenoxy) is 1. The summed E-state index contributed by atoms with van der Waals surface area (Å²) in [7, 11) is 0. The zero-order valence-electron chi connectivity index (χ0n) is 11.7. The van der Waals surface area contributed by atoms with Gasteiger partial charge in [-0.05, 0) is 43.3 Å². The normalized spacial score (nSPS) is 11.4. The second kappa shape index (κ2) is 7.42. The molecule has 0 fully saturated rings. The highest BCUT2D eigenvalue weighted by Crippen LogP contribution is 2.16. The number of nitrogens with zero attached hydrogens (tertiary/aromatic N) is 1. The third kappa shape index (κ3) is 4.46. The monoisotopic (exact) mass is 319 g/mol. The van der Waals surface area contributed by atoms with Crippen molar-refractivity contribution in [2.75, 3.05) is 0 Å². The van der Waals surface area contributed by atoms with Crippen molar-refractivity contribution in [1.82, 2.24) is 15.8 Å². The average molecular weight is 320 g/mol. The molecule has 1 atom stereocenters. The Morgan fingerprint density at radius 2 is 1.91 bits per heavy atom. The number of rotatable bonds is 4. The smallest absolute Gasteiger partial charge is 0.279 e. The number of hydrogen-bond donors (Lipinski definition) is 2. The predicted molar refractivity (Wildman–Crippen MR) is 81.4 cm³/mol. The number of hydrazine groups is 1. The van der Waals surface area contributed by atoms with Crippen LogP contribution in [0.1, 0.15) is 17.3 Å². The molecule has 0 aliphatic heterocycles. The molecule has 1 unspecified atom stereocenters. The van der Waals surface area contributed by atoms with E-state index in [2.05, 4.69) is 15.8 Å². The molecule has 2 rings (SSSR count). The van der Waals surface area contributed by atoms with Crippen molar-refractivity contribution in [3.8, 4) is 5.75 Å². The first-order valence-corrected chi connectivity index (χ1v) is 6.86. The lowest BCUT2D eigenvalue weighted by atomic mass is 10.3. The Bertz CT molecular complexity index is 647. The van der Waals surface area contributed by atoms with Crippen LogP contribution >= 0.6 is 11.6 Å². The Morgan fingerprint density at radius 1 is 1.18 bits per heavy atom. The van der Waals surface area contributed by atoms with Crippen molar-refractivity contribution in [2.24, 2.45) is 0 Å². The van der Waals surface area contributed by atoms with Crippen LogP contribution in [0.15, 0.2) is 48.8 Å². The van der Waals surface area contributed by atoms with E-state index >= 15 is 0 Å². The fourth-order valence-electron chi connectivity index (χ4n) is 1.56. The summed E-state index contributed by atoms with van der Waals surface area (Å²) in [6.45, 7) is 1.57. The minimum atomic E-state index is -0.782. The Kier molecular flexibility index (Phi) is 5.32. The summed E-state index contributed by atoms with van der Waals surface area (Å²) in [5.41, 5.74) is 4.93. The first-order valence-electron chi connectivity index (χ1n) is 6.48. The lowest BCUT2D eigenvalue weighted by Gasteiger charge is -2.15. The molecule has 2 N–H and O–H groups in total. The van der Waals surface area contributed by atoms with E-state index in [9.17, 15) is 9.59 Å². The molecule has 0 bridgehead atoms. The molecule has 0 radical (unpaired) electrons. The van der Waals surface area contributed by atoms with E-state index in [1.54, 1.807) is 49.5 Å². The number of carbonyl (C=O) groups excluding carboxylic acids is 2. The van der Waals surface area contributed by atoms with Crippen LogP contribution in [0.5, 0.6) is 5.75 Å². The minimum Gasteiger partial charge on any atom is -0.481 e. The zero-order valence-corrected chi connectivity index (χ0v) is 12.5. The molecule has 22 heavy (non-hydrogen) atoms. The Labute approximate surface area is 132 Å². The molecule has 1 aromatic heterocycles. The van der Waals surface area contributed by atoms with Gasteiger partial charge in [0, 0.05) is 17.4 Å². The van der Waals surface area contributed by atoms with Crippen molar-refractivity contribution in [2.45, 2.75) is 13.0 Å². The molecule has 0 saturated heterocycles. The number of aromatic nitrogens is 1. The van der Waals surface area contributed by atoms with E-state index in [0.29, 0.717) is 16.3 Å². The van der Waals surface area contributed by atoms with Crippen LogP contribution in [0.25, 0.3) is 0 Å². The van der Waals surface area contributed by atoms with Gasteiger partial charge in [-0.3, -0.25) is 25.4 Å². The molecule has 1 heterocycles. The van der Waals surface area contributed by atoms with E-state index < -0.39 is 17.9 Å².